The van der Waals surface area contributed by atoms with Gasteiger partial charge in [0.1, 0.15) is 5.82 Å². The van der Waals surface area contributed by atoms with E-state index in [1.807, 2.05) is 0 Å². The first kappa shape index (κ1) is 7.03. The number of H-pyrrole nitrogens is 1. The molecule has 3 N–H and O–H groups in total. The molecule has 10 heavy (non-hydrogen) atoms. The molecule has 0 saturated heterocycles. The fourth-order valence-corrected chi connectivity index (χ4v) is 0.843. The Balaban J connectivity index is 2.75. The Morgan fingerprint density at radius 2 is 2.40 bits per heavy atom. The maximum atomic E-state index is 10.1. The molecule has 0 unspecified atom stereocenters. The van der Waals surface area contributed by atoms with Crippen LogP contribution in [0.2, 0.25) is 0 Å². The van der Waals surface area contributed by atoms with Crippen molar-refractivity contribution in [2.75, 3.05) is 4.72 Å². The van der Waals surface area contributed by atoms with E-state index < -0.39 is 10.3 Å². The minimum Gasteiger partial charge on any atom is -0.269 e. The van der Waals surface area contributed by atoms with Gasteiger partial charge in [-0.25, -0.2) is 4.72 Å². The number of aromatic amines is 1. The van der Waals surface area contributed by atoms with Crippen LogP contribution in [0.15, 0.2) is 12.3 Å². The molecule has 0 atom stereocenters. The number of rotatable bonds is 2. The normalized spacial score (nSPS) is 11.3. The van der Waals surface area contributed by atoms with Crippen LogP contribution in [0.5, 0.6) is 0 Å². The Labute approximate surface area is 57.1 Å². The van der Waals surface area contributed by atoms with Crippen molar-refractivity contribution in [1.82, 2.24) is 10.2 Å². The zero-order valence-electron chi connectivity index (χ0n) is 4.77. The van der Waals surface area contributed by atoms with E-state index in [1.165, 1.54) is 12.3 Å². The van der Waals surface area contributed by atoms with Gasteiger partial charge in [0.2, 0.25) is 0 Å². The summed E-state index contributed by atoms with van der Waals surface area (Å²) in [5.74, 6) is 0.127. The second-order valence-electron chi connectivity index (χ2n) is 1.55. The summed E-state index contributed by atoms with van der Waals surface area (Å²) >= 11 is 0. The molecule has 0 aromatic carbocycles. The molecule has 0 aliphatic rings. The van der Waals surface area contributed by atoms with E-state index in [9.17, 15) is 8.42 Å². The first-order chi connectivity index (χ1) is 4.58. The molecule has 0 amide bonds. The van der Waals surface area contributed by atoms with Gasteiger partial charge in [0.25, 0.3) is 0 Å². The van der Waals surface area contributed by atoms with Crippen molar-refractivity contribution in [3.63, 3.8) is 0 Å². The van der Waals surface area contributed by atoms with Crippen LogP contribution in [0.1, 0.15) is 0 Å². The first-order valence-corrected chi connectivity index (χ1v) is 3.76. The van der Waals surface area contributed by atoms with Crippen molar-refractivity contribution in [3.05, 3.63) is 12.3 Å². The lowest BCUT2D eigenvalue weighted by molar-refractivity contribution is 0.489. The Bertz CT molecular complexity index is 289. The fourth-order valence-electron chi connectivity index (χ4n) is 0.452. The van der Waals surface area contributed by atoms with Gasteiger partial charge in [0.15, 0.2) is 0 Å². The molecule has 0 fully saturated rings. The maximum absolute atomic E-state index is 10.1. The Morgan fingerprint density at radius 1 is 1.70 bits per heavy atom. The minimum atomic E-state index is -4.17. The highest BCUT2D eigenvalue weighted by Gasteiger charge is 2.02. The topological polar surface area (TPSA) is 95.1 Å². The Morgan fingerprint density at radius 3 is 2.80 bits per heavy atom. The number of hydrogen-bond donors (Lipinski definition) is 3. The molecule has 1 aromatic heterocycles. The van der Waals surface area contributed by atoms with Crippen LogP contribution in [0, 0.1) is 0 Å². The SMILES string of the molecule is O=S(=O)(O)Nc1ccn[nH]1. The van der Waals surface area contributed by atoms with Gasteiger partial charge in [-0.2, -0.15) is 13.5 Å². The summed E-state index contributed by atoms with van der Waals surface area (Å²) in [6.45, 7) is 0. The lowest BCUT2D eigenvalue weighted by atomic mass is 10.7. The fraction of sp³-hybridized carbons (Fsp3) is 0. The lowest BCUT2D eigenvalue weighted by Gasteiger charge is -1.94. The van der Waals surface area contributed by atoms with Crippen molar-refractivity contribution in [3.8, 4) is 0 Å². The molecule has 0 aliphatic carbocycles. The van der Waals surface area contributed by atoms with Crippen molar-refractivity contribution in [1.29, 1.82) is 0 Å². The second kappa shape index (κ2) is 2.27. The van der Waals surface area contributed by atoms with Gasteiger partial charge in [0.05, 0.1) is 6.20 Å². The van der Waals surface area contributed by atoms with E-state index in [2.05, 4.69) is 10.2 Å². The average Bonchev–Trinajstić information content (AvgIpc) is 2.12. The summed E-state index contributed by atoms with van der Waals surface area (Å²) in [7, 11) is -4.17. The molecule has 1 heterocycles. The molecule has 0 bridgehead atoms. The van der Waals surface area contributed by atoms with Gasteiger partial charge in [-0.3, -0.25) is 9.65 Å². The third-order valence-electron chi connectivity index (χ3n) is 0.740. The average molecular weight is 163 g/mol. The van der Waals surface area contributed by atoms with Gasteiger partial charge in [-0.15, -0.1) is 0 Å². The quantitative estimate of drug-likeness (QED) is 0.518. The molecule has 0 saturated carbocycles. The molecule has 1 aromatic rings. The molecular formula is C3H5N3O3S. The van der Waals surface area contributed by atoms with Crippen LogP contribution in [-0.4, -0.2) is 23.2 Å². The molecule has 6 nitrogen and oxygen atoms in total. The van der Waals surface area contributed by atoms with Crippen molar-refractivity contribution in [2.45, 2.75) is 0 Å². The van der Waals surface area contributed by atoms with E-state index in [4.69, 9.17) is 4.55 Å². The largest absolute Gasteiger partial charge is 0.358 e. The second-order valence-corrected chi connectivity index (χ2v) is 2.70. The standard InChI is InChI=1S/C3H5N3O3S/c7-10(8,9)6-3-1-2-4-5-3/h1-2H,(H2,4,5,6)(H,7,8,9). The molecular weight excluding hydrogens is 158 g/mol. The van der Waals surface area contributed by atoms with Gasteiger partial charge in [-0.05, 0) is 0 Å². The molecule has 0 radical (unpaired) electrons. The number of hydrogen-bond acceptors (Lipinski definition) is 3. The number of nitrogens with one attached hydrogen (secondary N) is 2. The van der Waals surface area contributed by atoms with Crippen LogP contribution in [0.4, 0.5) is 5.82 Å². The first-order valence-electron chi connectivity index (χ1n) is 2.32. The lowest BCUT2D eigenvalue weighted by Crippen LogP contribution is -2.10. The van der Waals surface area contributed by atoms with Gasteiger partial charge >= 0.3 is 10.3 Å². The highest BCUT2D eigenvalue weighted by Crippen LogP contribution is 1.99. The predicted molar refractivity (Wildman–Crippen MR) is 33.8 cm³/mol. The summed E-state index contributed by atoms with van der Waals surface area (Å²) in [6, 6.07) is 1.37. The minimum absolute atomic E-state index is 0.127. The number of anilines is 1. The summed E-state index contributed by atoms with van der Waals surface area (Å²) in [4.78, 5) is 0. The smallest absolute Gasteiger partial charge is 0.269 e. The van der Waals surface area contributed by atoms with Crippen LogP contribution in [-0.2, 0) is 10.3 Å². The number of aromatic nitrogens is 2. The van der Waals surface area contributed by atoms with Gasteiger partial charge < -0.3 is 0 Å². The van der Waals surface area contributed by atoms with Crippen LogP contribution >= 0.6 is 0 Å². The third-order valence-corrected chi connectivity index (χ3v) is 1.22. The van der Waals surface area contributed by atoms with E-state index >= 15 is 0 Å². The monoisotopic (exact) mass is 163 g/mol. The molecule has 0 aliphatic heterocycles. The Kier molecular flexibility index (Phi) is 1.60. The highest BCUT2D eigenvalue weighted by atomic mass is 32.2. The van der Waals surface area contributed by atoms with Crippen LogP contribution in [0.25, 0.3) is 0 Å². The van der Waals surface area contributed by atoms with E-state index in [1.54, 1.807) is 4.72 Å². The van der Waals surface area contributed by atoms with Crippen molar-refractivity contribution >= 4 is 16.1 Å². The van der Waals surface area contributed by atoms with E-state index in [-0.39, 0.29) is 5.82 Å². The third kappa shape index (κ3) is 2.03. The molecule has 0 spiro atoms. The highest BCUT2D eigenvalue weighted by molar-refractivity contribution is 7.87. The summed E-state index contributed by atoms with van der Waals surface area (Å²) in [5.41, 5.74) is 0. The van der Waals surface area contributed by atoms with Crippen molar-refractivity contribution < 1.29 is 13.0 Å². The molecule has 7 heteroatoms. The summed E-state index contributed by atoms with van der Waals surface area (Å²) in [6.07, 6.45) is 1.35. The van der Waals surface area contributed by atoms with Gasteiger partial charge in [0, 0.05) is 6.07 Å². The van der Waals surface area contributed by atoms with E-state index in [0.717, 1.165) is 0 Å². The zero-order chi connectivity index (χ0) is 7.61. The molecule has 56 valence electrons. The van der Waals surface area contributed by atoms with Crippen molar-refractivity contribution in [2.24, 2.45) is 0 Å². The zero-order valence-corrected chi connectivity index (χ0v) is 5.59. The van der Waals surface area contributed by atoms with Crippen LogP contribution < -0.4 is 4.72 Å². The van der Waals surface area contributed by atoms with E-state index in [0.29, 0.717) is 0 Å². The predicted octanol–water partition coefficient (Wildman–Crippen LogP) is -0.376. The van der Waals surface area contributed by atoms with Crippen LogP contribution in [0.3, 0.4) is 0 Å². The summed E-state index contributed by atoms with van der Waals surface area (Å²) < 4.78 is 30.2. The maximum Gasteiger partial charge on any atom is 0.358 e. The number of nitrogens with zero attached hydrogens (tertiary/aromatic N) is 1. The molecule has 1 rings (SSSR count). The summed E-state index contributed by atoms with van der Waals surface area (Å²) in [5, 5.41) is 5.74. The van der Waals surface area contributed by atoms with Gasteiger partial charge in [-0.1, -0.05) is 0 Å². The Hall–Kier alpha value is -1.08.